The van der Waals surface area contributed by atoms with Crippen LogP contribution in [0.15, 0.2) is 24.3 Å². The summed E-state index contributed by atoms with van der Waals surface area (Å²) in [7, 11) is 0. The lowest BCUT2D eigenvalue weighted by atomic mass is 10.3. The van der Waals surface area contributed by atoms with Gasteiger partial charge < -0.3 is 10.1 Å². The van der Waals surface area contributed by atoms with Crippen molar-refractivity contribution in [3.63, 3.8) is 0 Å². The predicted molar refractivity (Wildman–Crippen MR) is 70.5 cm³/mol. The maximum atomic E-state index is 11.8. The zero-order valence-corrected chi connectivity index (χ0v) is 11.1. The maximum Gasteiger partial charge on any atom is 0.286 e. The Bertz CT molecular complexity index is 559. The number of benzene rings is 1. The first-order chi connectivity index (χ1) is 8.69. The highest BCUT2D eigenvalue weighted by atomic mass is 35.5. The standard InChI is InChI=1S/C11H10ClN3O2S/c1-2-17-8-5-3-4-7(6-8)13-9(16)10-14-15-11(12)18-10/h3-6H,2H2,1H3,(H,13,16). The number of halogens is 1. The number of carbonyl (C=O) groups excluding carboxylic acids is 1. The molecule has 1 amide bonds. The number of rotatable bonds is 4. The van der Waals surface area contributed by atoms with Crippen molar-refractivity contribution in [3.8, 4) is 5.75 Å². The molecule has 0 radical (unpaired) electrons. The van der Waals surface area contributed by atoms with Gasteiger partial charge in [-0.1, -0.05) is 17.4 Å². The SMILES string of the molecule is CCOc1cccc(NC(=O)c2nnc(Cl)s2)c1. The van der Waals surface area contributed by atoms with Crippen molar-refractivity contribution < 1.29 is 9.53 Å². The van der Waals surface area contributed by atoms with E-state index in [4.69, 9.17) is 16.3 Å². The van der Waals surface area contributed by atoms with E-state index in [0.717, 1.165) is 11.3 Å². The highest BCUT2D eigenvalue weighted by Crippen LogP contribution is 2.20. The molecule has 0 aliphatic heterocycles. The van der Waals surface area contributed by atoms with Gasteiger partial charge in [-0.15, -0.1) is 10.2 Å². The molecule has 0 fully saturated rings. The van der Waals surface area contributed by atoms with Gasteiger partial charge in [0.25, 0.3) is 5.91 Å². The van der Waals surface area contributed by atoms with Gasteiger partial charge in [0.1, 0.15) is 5.75 Å². The number of amides is 1. The molecular weight excluding hydrogens is 274 g/mol. The molecule has 94 valence electrons. The van der Waals surface area contributed by atoms with Gasteiger partial charge in [-0.25, -0.2) is 0 Å². The Balaban J connectivity index is 2.09. The third kappa shape index (κ3) is 3.18. The van der Waals surface area contributed by atoms with Gasteiger partial charge in [-0.05, 0) is 30.7 Å². The van der Waals surface area contributed by atoms with Crippen LogP contribution in [0.1, 0.15) is 16.7 Å². The number of carbonyl (C=O) groups is 1. The van der Waals surface area contributed by atoms with Gasteiger partial charge in [0, 0.05) is 11.8 Å². The minimum absolute atomic E-state index is 0.224. The van der Waals surface area contributed by atoms with Crippen LogP contribution < -0.4 is 10.1 Å². The quantitative estimate of drug-likeness (QED) is 0.937. The molecule has 0 saturated heterocycles. The Morgan fingerprint density at radius 2 is 2.33 bits per heavy atom. The van der Waals surface area contributed by atoms with E-state index in [0.29, 0.717) is 18.0 Å². The van der Waals surface area contributed by atoms with E-state index in [2.05, 4.69) is 15.5 Å². The molecule has 0 bridgehead atoms. The topological polar surface area (TPSA) is 64.1 Å². The van der Waals surface area contributed by atoms with Crippen LogP contribution in [-0.4, -0.2) is 22.7 Å². The molecule has 0 aliphatic carbocycles. The number of anilines is 1. The van der Waals surface area contributed by atoms with Crippen molar-refractivity contribution in [2.24, 2.45) is 0 Å². The first-order valence-corrected chi connectivity index (χ1v) is 6.41. The average molecular weight is 284 g/mol. The molecule has 0 saturated carbocycles. The lowest BCUT2D eigenvalue weighted by Gasteiger charge is -2.06. The van der Waals surface area contributed by atoms with Gasteiger partial charge in [0.2, 0.25) is 9.47 Å². The summed E-state index contributed by atoms with van der Waals surface area (Å²) in [5.41, 5.74) is 0.636. The smallest absolute Gasteiger partial charge is 0.286 e. The second-order valence-electron chi connectivity index (χ2n) is 3.28. The Morgan fingerprint density at radius 3 is 3.00 bits per heavy atom. The first kappa shape index (κ1) is 12.8. The lowest BCUT2D eigenvalue weighted by Crippen LogP contribution is -2.11. The highest BCUT2D eigenvalue weighted by molar-refractivity contribution is 7.17. The number of ether oxygens (including phenoxy) is 1. The molecule has 1 aromatic heterocycles. The molecule has 0 aliphatic rings. The summed E-state index contributed by atoms with van der Waals surface area (Å²) in [6.07, 6.45) is 0. The van der Waals surface area contributed by atoms with Crippen molar-refractivity contribution in [3.05, 3.63) is 33.7 Å². The number of nitrogens with one attached hydrogen (secondary N) is 1. The summed E-state index contributed by atoms with van der Waals surface area (Å²) in [5.74, 6) is 0.360. The molecular formula is C11H10ClN3O2S. The van der Waals surface area contributed by atoms with Crippen LogP contribution in [0, 0.1) is 0 Å². The summed E-state index contributed by atoms with van der Waals surface area (Å²) in [6, 6.07) is 7.13. The van der Waals surface area contributed by atoms with Gasteiger partial charge >= 0.3 is 0 Å². The largest absolute Gasteiger partial charge is 0.494 e. The molecule has 2 aromatic rings. The van der Waals surface area contributed by atoms with Gasteiger partial charge in [-0.2, -0.15) is 0 Å². The Labute approximate surface area is 113 Å². The fourth-order valence-electron chi connectivity index (χ4n) is 1.31. The van der Waals surface area contributed by atoms with E-state index in [1.807, 2.05) is 13.0 Å². The zero-order valence-electron chi connectivity index (χ0n) is 9.51. The third-order valence-electron chi connectivity index (χ3n) is 2.00. The van der Waals surface area contributed by atoms with E-state index in [1.54, 1.807) is 18.2 Å². The summed E-state index contributed by atoms with van der Waals surface area (Å²) in [4.78, 5) is 11.8. The summed E-state index contributed by atoms with van der Waals surface area (Å²) in [5, 5.41) is 10.2. The molecule has 7 heteroatoms. The molecule has 18 heavy (non-hydrogen) atoms. The van der Waals surface area contributed by atoms with Crippen LogP contribution in [-0.2, 0) is 0 Å². The molecule has 1 N–H and O–H groups in total. The monoisotopic (exact) mass is 283 g/mol. The molecule has 5 nitrogen and oxygen atoms in total. The number of aromatic nitrogens is 2. The molecule has 0 unspecified atom stereocenters. The summed E-state index contributed by atoms with van der Waals surface area (Å²) in [6.45, 7) is 2.47. The van der Waals surface area contributed by atoms with Crippen molar-refractivity contribution in [2.45, 2.75) is 6.92 Å². The fourth-order valence-corrected chi connectivity index (χ4v) is 2.04. The van der Waals surface area contributed by atoms with Crippen molar-refractivity contribution in [2.75, 3.05) is 11.9 Å². The fraction of sp³-hybridized carbons (Fsp3) is 0.182. The molecule has 2 rings (SSSR count). The molecule has 1 heterocycles. The van der Waals surface area contributed by atoms with Crippen molar-refractivity contribution >= 4 is 34.5 Å². The summed E-state index contributed by atoms with van der Waals surface area (Å²) >= 11 is 6.65. The Morgan fingerprint density at radius 1 is 1.50 bits per heavy atom. The van der Waals surface area contributed by atoms with Crippen molar-refractivity contribution in [1.29, 1.82) is 0 Å². The second-order valence-corrected chi connectivity index (χ2v) is 4.83. The molecule has 0 atom stereocenters. The average Bonchev–Trinajstić information content (AvgIpc) is 2.77. The van der Waals surface area contributed by atoms with Crippen molar-refractivity contribution in [1.82, 2.24) is 10.2 Å². The van der Waals surface area contributed by atoms with Crippen LogP contribution in [0.4, 0.5) is 5.69 Å². The Hall–Kier alpha value is -1.66. The minimum atomic E-state index is -0.340. The second kappa shape index (κ2) is 5.79. The van der Waals surface area contributed by atoms with Gasteiger partial charge in [0.15, 0.2) is 0 Å². The lowest BCUT2D eigenvalue weighted by molar-refractivity contribution is 0.102. The molecule has 0 spiro atoms. The van der Waals surface area contributed by atoms with Crippen LogP contribution in [0.3, 0.4) is 0 Å². The van der Waals surface area contributed by atoms with Crippen LogP contribution in [0.2, 0.25) is 4.47 Å². The van der Waals surface area contributed by atoms with E-state index in [-0.39, 0.29) is 15.4 Å². The van der Waals surface area contributed by atoms with Crippen LogP contribution >= 0.6 is 22.9 Å². The van der Waals surface area contributed by atoms with E-state index < -0.39 is 0 Å². The minimum Gasteiger partial charge on any atom is -0.494 e. The van der Waals surface area contributed by atoms with E-state index >= 15 is 0 Å². The third-order valence-corrected chi connectivity index (χ3v) is 3.02. The summed E-state index contributed by atoms with van der Waals surface area (Å²) < 4.78 is 5.58. The molecule has 1 aromatic carbocycles. The Kier molecular flexibility index (Phi) is 4.11. The maximum absolute atomic E-state index is 11.8. The number of hydrogen-bond acceptors (Lipinski definition) is 5. The first-order valence-electron chi connectivity index (χ1n) is 5.22. The number of hydrogen-bond donors (Lipinski definition) is 1. The van der Waals surface area contributed by atoms with Gasteiger partial charge in [0.05, 0.1) is 6.61 Å². The normalized spacial score (nSPS) is 10.1. The van der Waals surface area contributed by atoms with Crippen LogP contribution in [0.5, 0.6) is 5.75 Å². The van der Waals surface area contributed by atoms with E-state index in [1.165, 1.54) is 0 Å². The predicted octanol–water partition coefficient (Wildman–Crippen LogP) is 2.84. The zero-order chi connectivity index (χ0) is 13.0. The number of nitrogens with zero attached hydrogens (tertiary/aromatic N) is 2. The van der Waals surface area contributed by atoms with Crippen LogP contribution in [0.25, 0.3) is 0 Å². The van der Waals surface area contributed by atoms with Gasteiger partial charge in [-0.3, -0.25) is 4.79 Å². The van der Waals surface area contributed by atoms with E-state index in [9.17, 15) is 4.79 Å². The highest BCUT2D eigenvalue weighted by Gasteiger charge is 2.12.